The van der Waals surface area contributed by atoms with Crippen molar-refractivity contribution in [3.63, 3.8) is 0 Å². The number of carbonyl (C=O) groups is 2. The van der Waals surface area contributed by atoms with Crippen LogP contribution in [0.5, 0.6) is 0 Å². The van der Waals surface area contributed by atoms with Gasteiger partial charge in [0.05, 0.1) is 5.92 Å². The SMILES string of the molecule is Cc1cc2ccccc2n1CC(=O)N1CC(C(=O)O)C1. The molecule has 1 N–H and O–H groups in total. The molecule has 1 aromatic carbocycles. The molecule has 2 aromatic rings. The van der Waals surface area contributed by atoms with Gasteiger partial charge in [-0.25, -0.2) is 0 Å². The van der Waals surface area contributed by atoms with E-state index in [2.05, 4.69) is 6.07 Å². The summed E-state index contributed by atoms with van der Waals surface area (Å²) in [6, 6.07) is 9.99. The van der Waals surface area contributed by atoms with Crippen LogP contribution in [0.3, 0.4) is 0 Å². The Morgan fingerprint density at radius 3 is 2.70 bits per heavy atom. The zero-order valence-electron chi connectivity index (χ0n) is 11.2. The number of amides is 1. The van der Waals surface area contributed by atoms with E-state index in [-0.39, 0.29) is 12.5 Å². The van der Waals surface area contributed by atoms with Crippen LogP contribution in [0.4, 0.5) is 0 Å². The second-order valence-electron chi connectivity index (χ2n) is 5.26. The zero-order chi connectivity index (χ0) is 14.3. The minimum Gasteiger partial charge on any atom is -0.481 e. The minimum atomic E-state index is -0.823. The smallest absolute Gasteiger partial charge is 0.310 e. The summed E-state index contributed by atoms with van der Waals surface area (Å²) in [5.41, 5.74) is 2.07. The highest BCUT2D eigenvalue weighted by Crippen LogP contribution is 2.21. The number of nitrogens with zero attached hydrogens (tertiary/aromatic N) is 2. The second-order valence-corrected chi connectivity index (χ2v) is 5.26. The molecule has 1 aromatic heterocycles. The van der Waals surface area contributed by atoms with E-state index in [0.717, 1.165) is 16.6 Å². The summed E-state index contributed by atoms with van der Waals surface area (Å²) in [6.45, 7) is 2.90. The Kier molecular flexibility index (Phi) is 2.97. The first-order valence-electron chi connectivity index (χ1n) is 6.61. The van der Waals surface area contributed by atoms with Crippen LogP contribution in [0.1, 0.15) is 5.69 Å². The number of hydrogen-bond donors (Lipinski definition) is 1. The summed E-state index contributed by atoms with van der Waals surface area (Å²) in [5.74, 6) is -1.25. The van der Waals surface area contributed by atoms with Gasteiger partial charge in [0, 0.05) is 24.3 Å². The van der Waals surface area contributed by atoms with Gasteiger partial charge >= 0.3 is 5.97 Å². The van der Waals surface area contributed by atoms with Crippen molar-refractivity contribution in [1.82, 2.24) is 9.47 Å². The van der Waals surface area contributed by atoms with E-state index in [0.29, 0.717) is 13.1 Å². The highest BCUT2D eigenvalue weighted by Gasteiger charge is 2.35. The minimum absolute atomic E-state index is 0.0213. The van der Waals surface area contributed by atoms with Gasteiger partial charge in [-0.3, -0.25) is 9.59 Å². The van der Waals surface area contributed by atoms with Crippen LogP contribution in [-0.4, -0.2) is 39.5 Å². The van der Waals surface area contributed by atoms with Crippen LogP contribution in [0.2, 0.25) is 0 Å². The normalized spacial score (nSPS) is 15.3. The number of carbonyl (C=O) groups excluding carboxylic acids is 1. The summed E-state index contributed by atoms with van der Waals surface area (Å²) in [4.78, 5) is 24.5. The van der Waals surface area contributed by atoms with E-state index in [9.17, 15) is 9.59 Å². The third-order valence-electron chi connectivity index (χ3n) is 3.89. The van der Waals surface area contributed by atoms with E-state index in [1.54, 1.807) is 4.90 Å². The van der Waals surface area contributed by atoms with Gasteiger partial charge in [-0.15, -0.1) is 0 Å². The van der Waals surface area contributed by atoms with Gasteiger partial charge in [0.1, 0.15) is 6.54 Å². The molecular formula is C15H16N2O3. The summed E-state index contributed by atoms with van der Waals surface area (Å²) in [7, 11) is 0. The van der Waals surface area contributed by atoms with Crippen molar-refractivity contribution in [2.75, 3.05) is 13.1 Å². The molecule has 104 valence electrons. The number of carboxylic acids is 1. The molecule has 5 heteroatoms. The fourth-order valence-electron chi connectivity index (χ4n) is 2.63. The van der Waals surface area contributed by atoms with Gasteiger partial charge < -0.3 is 14.6 Å². The van der Waals surface area contributed by atoms with E-state index >= 15 is 0 Å². The molecule has 1 saturated heterocycles. The quantitative estimate of drug-likeness (QED) is 0.920. The van der Waals surface area contributed by atoms with Gasteiger partial charge in [0.2, 0.25) is 5.91 Å². The maximum atomic E-state index is 12.2. The Morgan fingerprint density at radius 1 is 1.30 bits per heavy atom. The molecule has 0 saturated carbocycles. The van der Waals surface area contributed by atoms with E-state index in [4.69, 9.17) is 5.11 Å². The first kappa shape index (κ1) is 12.7. The maximum absolute atomic E-state index is 12.2. The van der Waals surface area contributed by atoms with E-state index in [1.807, 2.05) is 35.8 Å². The number of hydrogen-bond acceptors (Lipinski definition) is 2. The molecule has 1 aliphatic rings. The van der Waals surface area contributed by atoms with Crippen LogP contribution in [0.15, 0.2) is 30.3 Å². The van der Waals surface area contributed by atoms with Crippen LogP contribution in [0, 0.1) is 12.8 Å². The van der Waals surface area contributed by atoms with Crippen molar-refractivity contribution in [2.45, 2.75) is 13.5 Å². The topological polar surface area (TPSA) is 62.5 Å². The Balaban J connectivity index is 1.75. The van der Waals surface area contributed by atoms with Crippen molar-refractivity contribution in [3.8, 4) is 0 Å². The molecule has 0 radical (unpaired) electrons. The van der Waals surface area contributed by atoms with Crippen molar-refractivity contribution in [3.05, 3.63) is 36.0 Å². The lowest BCUT2D eigenvalue weighted by molar-refractivity contribution is -0.153. The predicted octanol–water partition coefficient (Wildman–Crippen LogP) is 1.49. The lowest BCUT2D eigenvalue weighted by atomic mass is 10.0. The summed E-state index contributed by atoms with van der Waals surface area (Å²) in [6.07, 6.45) is 0. The average Bonchev–Trinajstić information content (AvgIpc) is 2.64. The molecule has 0 spiro atoms. The lowest BCUT2D eigenvalue weighted by Gasteiger charge is -2.36. The molecular weight excluding hydrogens is 256 g/mol. The van der Waals surface area contributed by atoms with E-state index < -0.39 is 11.9 Å². The molecule has 3 rings (SSSR count). The predicted molar refractivity (Wildman–Crippen MR) is 74.4 cm³/mol. The first-order chi connectivity index (χ1) is 9.56. The molecule has 1 amide bonds. The van der Waals surface area contributed by atoms with Crippen molar-refractivity contribution < 1.29 is 14.7 Å². The maximum Gasteiger partial charge on any atom is 0.310 e. The zero-order valence-corrected chi connectivity index (χ0v) is 11.2. The first-order valence-corrected chi connectivity index (χ1v) is 6.61. The van der Waals surface area contributed by atoms with Gasteiger partial charge in [-0.2, -0.15) is 0 Å². The molecule has 20 heavy (non-hydrogen) atoms. The largest absolute Gasteiger partial charge is 0.481 e. The fraction of sp³-hybridized carbons (Fsp3) is 0.333. The summed E-state index contributed by atoms with van der Waals surface area (Å²) < 4.78 is 1.98. The Bertz CT molecular complexity index is 683. The molecule has 1 fully saturated rings. The summed E-state index contributed by atoms with van der Waals surface area (Å²) in [5, 5.41) is 9.95. The Hall–Kier alpha value is -2.30. The number of carboxylic acid groups (broad SMARTS) is 1. The highest BCUT2D eigenvalue weighted by atomic mass is 16.4. The number of para-hydroxylation sites is 1. The molecule has 0 aliphatic carbocycles. The van der Waals surface area contributed by atoms with Gasteiger partial charge in [-0.1, -0.05) is 18.2 Å². The van der Waals surface area contributed by atoms with Crippen LogP contribution in [0.25, 0.3) is 10.9 Å². The molecule has 2 heterocycles. The number of benzene rings is 1. The van der Waals surface area contributed by atoms with Gasteiger partial charge in [-0.05, 0) is 24.4 Å². The third-order valence-corrected chi connectivity index (χ3v) is 3.89. The van der Waals surface area contributed by atoms with Gasteiger partial charge in [0.15, 0.2) is 0 Å². The highest BCUT2D eigenvalue weighted by molar-refractivity contribution is 5.85. The standard InChI is InChI=1S/C15H16N2O3/c1-10-6-11-4-2-3-5-13(11)17(10)9-14(18)16-7-12(8-16)15(19)20/h2-6,12H,7-9H2,1H3,(H,19,20). The van der Waals surface area contributed by atoms with Crippen molar-refractivity contribution in [1.29, 1.82) is 0 Å². The number of aromatic nitrogens is 1. The number of aliphatic carboxylic acids is 1. The molecule has 0 unspecified atom stereocenters. The molecule has 5 nitrogen and oxygen atoms in total. The van der Waals surface area contributed by atoms with E-state index in [1.165, 1.54) is 0 Å². The number of aryl methyl sites for hydroxylation is 1. The van der Waals surface area contributed by atoms with Crippen molar-refractivity contribution in [2.24, 2.45) is 5.92 Å². The molecule has 1 aliphatic heterocycles. The Labute approximate surface area is 116 Å². The van der Waals surface area contributed by atoms with Crippen LogP contribution in [-0.2, 0) is 16.1 Å². The number of likely N-dealkylation sites (tertiary alicyclic amines) is 1. The van der Waals surface area contributed by atoms with Crippen LogP contribution >= 0.6 is 0 Å². The molecule has 0 atom stereocenters. The monoisotopic (exact) mass is 272 g/mol. The second kappa shape index (κ2) is 4.67. The molecule has 0 bridgehead atoms. The number of rotatable bonds is 3. The summed E-state index contributed by atoms with van der Waals surface area (Å²) >= 11 is 0. The Morgan fingerprint density at radius 2 is 2.00 bits per heavy atom. The third kappa shape index (κ3) is 2.05. The lowest BCUT2D eigenvalue weighted by Crippen LogP contribution is -2.53. The van der Waals surface area contributed by atoms with Gasteiger partial charge in [0.25, 0.3) is 0 Å². The van der Waals surface area contributed by atoms with Crippen LogP contribution < -0.4 is 0 Å². The fourth-order valence-corrected chi connectivity index (χ4v) is 2.63. The van der Waals surface area contributed by atoms with Crippen molar-refractivity contribution >= 4 is 22.8 Å². The number of fused-ring (bicyclic) bond motifs is 1. The average molecular weight is 272 g/mol.